The zero-order chi connectivity index (χ0) is 15.7. The standard InChI is InChI=1S/C8H14N2O.C7H12N2O.ClH/c1-7-8(4-3-5-11)9-6-10(7)2;1-6-7(3-2-4-10)9-5-8-6;/h6,11H,3-5H2,1-2H3;5,10H,2-4H2,1H3,(H,8,9);1H. The molecule has 0 unspecified atom stereocenters. The van der Waals surface area contributed by atoms with E-state index in [1.54, 1.807) is 6.33 Å². The number of imidazole rings is 2. The van der Waals surface area contributed by atoms with Crippen molar-refractivity contribution in [2.75, 3.05) is 13.2 Å². The van der Waals surface area contributed by atoms with Crippen molar-refractivity contribution in [2.45, 2.75) is 39.5 Å². The van der Waals surface area contributed by atoms with Gasteiger partial charge in [0.1, 0.15) is 0 Å². The van der Waals surface area contributed by atoms with Gasteiger partial charge in [0.15, 0.2) is 0 Å². The fourth-order valence-electron chi connectivity index (χ4n) is 1.92. The minimum atomic E-state index is 0. The van der Waals surface area contributed by atoms with E-state index in [-0.39, 0.29) is 25.6 Å². The second kappa shape index (κ2) is 11.2. The van der Waals surface area contributed by atoms with Gasteiger partial charge in [0.2, 0.25) is 0 Å². The summed E-state index contributed by atoms with van der Waals surface area (Å²) < 4.78 is 1.99. The Kier molecular flexibility index (Phi) is 10.5. The molecule has 7 heteroatoms. The Morgan fingerprint density at radius 2 is 1.64 bits per heavy atom. The number of nitrogens with zero attached hydrogens (tertiary/aromatic N) is 3. The molecule has 2 heterocycles. The molecule has 3 N–H and O–H groups in total. The summed E-state index contributed by atoms with van der Waals surface area (Å²) in [6, 6.07) is 0. The van der Waals surface area contributed by atoms with Gasteiger partial charge in [-0.15, -0.1) is 12.4 Å². The van der Waals surface area contributed by atoms with Gasteiger partial charge in [-0.2, -0.15) is 0 Å². The molecule has 0 aliphatic carbocycles. The maximum atomic E-state index is 8.59. The van der Waals surface area contributed by atoms with Gasteiger partial charge in [-0.3, -0.25) is 0 Å². The number of hydrogen-bond donors (Lipinski definition) is 3. The van der Waals surface area contributed by atoms with E-state index in [0.717, 1.165) is 42.8 Å². The van der Waals surface area contributed by atoms with Crippen molar-refractivity contribution in [3.05, 3.63) is 35.4 Å². The molecule has 0 amide bonds. The van der Waals surface area contributed by atoms with E-state index in [0.29, 0.717) is 0 Å². The Bertz CT molecular complexity index is 525. The lowest BCUT2D eigenvalue weighted by molar-refractivity contribution is 0.288. The third kappa shape index (κ3) is 6.60. The summed E-state index contributed by atoms with van der Waals surface area (Å²) in [5.74, 6) is 0. The van der Waals surface area contributed by atoms with E-state index >= 15 is 0 Å². The highest BCUT2D eigenvalue weighted by molar-refractivity contribution is 5.85. The molecule has 0 aliphatic rings. The summed E-state index contributed by atoms with van der Waals surface area (Å²) in [4.78, 5) is 11.3. The average Bonchev–Trinajstić information content (AvgIpc) is 3.03. The van der Waals surface area contributed by atoms with Crippen molar-refractivity contribution in [2.24, 2.45) is 7.05 Å². The minimum absolute atomic E-state index is 0. The van der Waals surface area contributed by atoms with Crippen molar-refractivity contribution in [3.8, 4) is 0 Å². The van der Waals surface area contributed by atoms with Crippen LogP contribution in [-0.2, 0) is 19.9 Å². The van der Waals surface area contributed by atoms with Gasteiger partial charge < -0.3 is 19.8 Å². The van der Waals surface area contributed by atoms with E-state index in [2.05, 4.69) is 15.0 Å². The van der Waals surface area contributed by atoms with Crippen LogP contribution >= 0.6 is 12.4 Å². The van der Waals surface area contributed by atoms with Crippen LogP contribution in [0.1, 0.15) is 35.6 Å². The third-order valence-corrected chi connectivity index (χ3v) is 3.41. The summed E-state index contributed by atoms with van der Waals surface area (Å²) >= 11 is 0. The van der Waals surface area contributed by atoms with Crippen molar-refractivity contribution in [1.82, 2.24) is 19.5 Å². The minimum Gasteiger partial charge on any atom is -0.396 e. The Balaban J connectivity index is 0.000000385. The number of hydrogen-bond acceptors (Lipinski definition) is 4. The summed E-state index contributed by atoms with van der Waals surface area (Å²) in [5, 5.41) is 17.1. The molecule has 0 saturated heterocycles. The van der Waals surface area contributed by atoms with E-state index in [4.69, 9.17) is 10.2 Å². The summed E-state index contributed by atoms with van der Waals surface area (Å²) in [6.07, 6.45) is 6.84. The monoisotopic (exact) mass is 330 g/mol. The van der Waals surface area contributed by atoms with Crippen LogP contribution in [0.2, 0.25) is 0 Å². The first-order valence-electron chi connectivity index (χ1n) is 7.27. The summed E-state index contributed by atoms with van der Waals surface area (Å²) in [5.41, 5.74) is 4.46. The fraction of sp³-hybridized carbons (Fsp3) is 0.600. The Hall–Kier alpha value is -1.37. The molecular weight excluding hydrogens is 304 g/mol. The summed E-state index contributed by atoms with van der Waals surface area (Å²) in [7, 11) is 1.98. The van der Waals surface area contributed by atoms with E-state index < -0.39 is 0 Å². The Morgan fingerprint density at radius 3 is 2.05 bits per heavy atom. The lowest BCUT2D eigenvalue weighted by atomic mass is 10.2. The summed E-state index contributed by atoms with van der Waals surface area (Å²) in [6.45, 7) is 4.52. The number of rotatable bonds is 6. The van der Waals surface area contributed by atoms with Gasteiger partial charge in [0, 0.05) is 31.6 Å². The number of halogens is 1. The van der Waals surface area contributed by atoms with E-state index in [1.165, 1.54) is 5.69 Å². The highest BCUT2D eigenvalue weighted by Gasteiger charge is 2.02. The van der Waals surface area contributed by atoms with Gasteiger partial charge >= 0.3 is 0 Å². The van der Waals surface area contributed by atoms with Crippen LogP contribution < -0.4 is 0 Å². The largest absolute Gasteiger partial charge is 0.396 e. The molecule has 126 valence electrons. The third-order valence-electron chi connectivity index (χ3n) is 3.41. The second-order valence-corrected chi connectivity index (χ2v) is 5.02. The molecule has 6 nitrogen and oxygen atoms in total. The van der Waals surface area contributed by atoms with E-state index in [9.17, 15) is 0 Å². The van der Waals surface area contributed by atoms with Crippen LogP contribution in [0.3, 0.4) is 0 Å². The number of nitrogens with one attached hydrogen (secondary N) is 1. The van der Waals surface area contributed by atoms with Crippen LogP contribution in [0, 0.1) is 13.8 Å². The zero-order valence-corrected chi connectivity index (χ0v) is 14.4. The molecule has 22 heavy (non-hydrogen) atoms. The Morgan fingerprint density at radius 1 is 1.05 bits per heavy atom. The first-order chi connectivity index (χ1) is 10.1. The number of aromatic amines is 1. The first-order valence-corrected chi connectivity index (χ1v) is 7.27. The van der Waals surface area contributed by atoms with Crippen molar-refractivity contribution < 1.29 is 10.2 Å². The number of aliphatic hydroxyl groups excluding tert-OH is 2. The molecule has 0 atom stereocenters. The topological polar surface area (TPSA) is 87.0 Å². The average molecular weight is 331 g/mol. The predicted molar refractivity (Wildman–Crippen MR) is 89.3 cm³/mol. The maximum Gasteiger partial charge on any atom is 0.0948 e. The second-order valence-electron chi connectivity index (χ2n) is 5.02. The van der Waals surface area contributed by atoms with Gasteiger partial charge in [-0.25, -0.2) is 9.97 Å². The van der Waals surface area contributed by atoms with Crippen molar-refractivity contribution in [3.63, 3.8) is 0 Å². The molecule has 0 bridgehead atoms. The molecule has 2 aromatic heterocycles. The zero-order valence-electron chi connectivity index (χ0n) is 13.5. The Labute approximate surface area is 138 Å². The van der Waals surface area contributed by atoms with Crippen LogP contribution in [0.15, 0.2) is 12.7 Å². The van der Waals surface area contributed by atoms with Gasteiger partial charge in [-0.1, -0.05) is 0 Å². The maximum absolute atomic E-state index is 8.59. The molecule has 0 aliphatic heterocycles. The van der Waals surface area contributed by atoms with Crippen LogP contribution in [0.4, 0.5) is 0 Å². The highest BCUT2D eigenvalue weighted by atomic mass is 35.5. The quantitative estimate of drug-likeness (QED) is 0.752. The molecule has 2 rings (SSSR count). The van der Waals surface area contributed by atoms with E-state index in [1.807, 2.05) is 31.8 Å². The lowest BCUT2D eigenvalue weighted by Gasteiger charge is -1.97. The molecule has 2 aromatic rings. The molecule has 0 aromatic carbocycles. The number of aliphatic hydroxyl groups is 2. The molecule has 0 radical (unpaired) electrons. The smallest absolute Gasteiger partial charge is 0.0948 e. The molecule has 0 saturated carbocycles. The van der Waals surface area contributed by atoms with Gasteiger partial charge in [0.05, 0.1) is 24.0 Å². The molecule has 0 spiro atoms. The molecule has 0 fully saturated rings. The van der Waals surface area contributed by atoms with Crippen molar-refractivity contribution >= 4 is 12.4 Å². The highest BCUT2D eigenvalue weighted by Crippen LogP contribution is 2.06. The lowest BCUT2D eigenvalue weighted by Crippen LogP contribution is -1.94. The van der Waals surface area contributed by atoms with Crippen LogP contribution in [0.5, 0.6) is 0 Å². The molecular formula is C15H27ClN4O2. The number of aromatic nitrogens is 4. The SMILES string of the molecule is Cc1[nH]cnc1CCCO.Cc1c(CCCO)ncn1C.Cl. The normalized spacial score (nSPS) is 9.86. The van der Waals surface area contributed by atoms with Crippen LogP contribution in [0.25, 0.3) is 0 Å². The predicted octanol–water partition coefficient (Wildman–Crippen LogP) is 1.72. The first kappa shape index (κ1) is 20.6. The number of H-pyrrole nitrogens is 1. The number of aryl methyl sites for hydroxylation is 4. The van der Waals surface area contributed by atoms with Gasteiger partial charge in [-0.05, 0) is 39.5 Å². The van der Waals surface area contributed by atoms with Gasteiger partial charge in [0.25, 0.3) is 0 Å². The van der Waals surface area contributed by atoms with Crippen molar-refractivity contribution in [1.29, 1.82) is 0 Å². The van der Waals surface area contributed by atoms with Crippen LogP contribution in [-0.4, -0.2) is 42.9 Å². The fourth-order valence-corrected chi connectivity index (χ4v) is 1.92.